The maximum absolute atomic E-state index is 5.24. The summed E-state index contributed by atoms with van der Waals surface area (Å²) in [5.74, 6) is 1.85. The molecule has 0 N–H and O–H groups in total. The minimum Gasteiger partial charge on any atom is -0.292 e. The van der Waals surface area contributed by atoms with Crippen molar-refractivity contribution < 1.29 is 0 Å². The zero-order valence-electron chi connectivity index (χ0n) is 32.3. The molecule has 0 amide bonds. The van der Waals surface area contributed by atoms with Gasteiger partial charge in [0, 0.05) is 22.5 Å². The smallest absolute Gasteiger partial charge is 0.145 e. The average molecular weight is 743 g/mol. The van der Waals surface area contributed by atoms with E-state index in [0.717, 1.165) is 56.2 Å². The van der Waals surface area contributed by atoms with E-state index in [4.69, 9.17) is 9.97 Å². The molecule has 0 spiro atoms. The molecule has 11 aromatic rings. The van der Waals surface area contributed by atoms with Gasteiger partial charge in [-0.1, -0.05) is 146 Å². The zero-order chi connectivity index (χ0) is 38.7. The molecule has 0 fully saturated rings. The van der Waals surface area contributed by atoms with Crippen molar-refractivity contribution in [3.05, 3.63) is 205 Å². The summed E-state index contributed by atoms with van der Waals surface area (Å²) >= 11 is 0. The second-order valence-corrected chi connectivity index (χ2v) is 15.2. The molecule has 0 aliphatic heterocycles. The predicted molar refractivity (Wildman–Crippen MR) is 242 cm³/mol. The summed E-state index contributed by atoms with van der Waals surface area (Å²) in [4.78, 5) is 10.5. The molecule has 0 radical (unpaired) electrons. The number of aromatic nitrogens is 4. The molecule has 0 aliphatic rings. The van der Waals surface area contributed by atoms with Crippen LogP contribution in [0.3, 0.4) is 0 Å². The molecule has 4 heteroatoms. The summed E-state index contributed by atoms with van der Waals surface area (Å²) in [6, 6.07) is 69.8. The lowest BCUT2D eigenvalue weighted by Gasteiger charge is -2.20. The summed E-state index contributed by atoms with van der Waals surface area (Å²) in [7, 11) is 0. The molecular formula is C54H38N4. The molecule has 0 saturated heterocycles. The first-order valence-electron chi connectivity index (χ1n) is 19.8. The molecule has 2 heterocycles. The van der Waals surface area contributed by atoms with Crippen LogP contribution in [0.2, 0.25) is 0 Å². The topological polar surface area (TPSA) is 35.6 Å². The van der Waals surface area contributed by atoms with Gasteiger partial charge in [-0.15, -0.1) is 0 Å². The third-order valence-electron chi connectivity index (χ3n) is 11.4. The maximum atomic E-state index is 5.24. The normalized spacial score (nSPS) is 11.6. The van der Waals surface area contributed by atoms with Gasteiger partial charge in [0.15, 0.2) is 0 Å². The monoisotopic (exact) mass is 742 g/mol. The van der Waals surface area contributed by atoms with Gasteiger partial charge >= 0.3 is 0 Å². The molecule has 2 aromatic heterocycles. The molecular weight excluding hydrogens is 705 g/mol. The van der Waals surface area contributed by atoms with Gasteiger partial charge in [0.1, 0.15) is 11.6 Å². The summed E-state index contributed by atoms with van der Waals surface area (Å²) < 4.78 is 4.65. The van der Waals surface area contributed by atoms with Crippen molar-refractivity contribution in [3.8, 4) is 56.4 Å². The second-order valence-electron chi connectivity index (χ2n) is 15.2. The highest BCUT2D eigenvalue weighted by Gasteiger charge is 2.22. The van der Waals surface area contributed by atoms with E-state index in [1.54, 1.807) is 0 Å². The van der Waals surface area contributed by atoms with Crippen LogP contribution >= 0.6 is 0 Å². The fourth-order valence-corrected chi connectivity index (χ4v) is 8.78. The lowest BCUT2D eigenvalue weighted by molar-refractivity contribution is 1.10. The Morgan fingerprint density at radius 1 is 0.328 bits per heavy atom. The van der Waals surface area contributed by atoms with Crippen LogP contribution in [-0.2, 0) is 0 Å². The number of rotatable bonds is 6. The summed E-state index contributed by atoms with van der Waals surface area (Å²) in [5.41, 5.74) is 15.5. The molecule has 0 unspecified atom stereocenters. The van der Waals surface area contributed by atoms with Gasteiger partial charge in [0.2, 0.25) is 0 Å². The largest absolute Gasteiger partial charge is 0.292 e. The highest BCUT2D eigenvalue weighted by molar-refractivity contribution is 6.22. The van der Waals surface area contributed by atoms with E-state index in [-0.39, 0.29) is 0 Å². The average Bonchev–Trinajstić information content (AvgIpc) is 3.85. The van der Waals surface area contributed by atoms with Crippen molar-refractivity contribution in [2.45, 2.75) is 13.8 Å². The van der Waals surface area contributed by atoms with Crippen LogP contribution in [0.15, 0.2) is 194 Å². The van der Waals surface area contributed by atoms with E-state index >= 15 is 0 Å². The van der Waals surface area contributed by atoms with Gasteiger partial charge in [0.05, 0.1) is 22.1 Å². The Bertz CT molecular complexity index is 3100. The van der Waals surface area contributed by atoms with Gasteiger partial charge in [-0.25, -0.2) is 9.97 Å². The van der Waals surface area contributed by atoms with Crippen LogP contribution in [0, 0.1) is 13.8 Å². The van der Waals surface area contributed by atoms with Crippen LogP contribution in [0.25, 0.3) is 100 Å². The summed E-state index contributed by atoms with van der Waals surface area (Å²) in [6.07, 6.45) is 0. The quantitative estimate of drug-likeness (QED) is 0.159. The Hall–Kier alpha value is -7.56. The van der Waals surface area contributed by atoms with E-state index in [0.29, 0.717) is 0 Å². The Morgan fingerprint density at radius 3 is 1.07 bits per heavy atom. The first-order valence-corrected chi connectivity index (χ1v) is 19.8. The molecule has 0 bridgehead atoms. The molecule has 0 aliphatic carbocycles. The number of fused-ring (bicyclic) bond motifs is 4. The van der Waals surface area contributed by atoms with Crippen LogP contribution in [0.1, 0.15) is 11.1 Å². The van der Waals surface area contributed by atoms with Crippen LogP contribution in [0.4, 0.5) is 0 Å². The Morgan fingerprint density at radius 2 is 0.690 bits per heavy atom. The van der Waals surface area contributed by atoms with E-state index in [1.165, 1.54) is 54.9 Å². The van der Waals surface area contributed by atoms with E-state index in [1.807, 2.05) is 0 Å². The summed E-state index contributed by atoms with van der Waals surface area (Å²) in [5, 5.41) is 4.75. The molecule has 4 nitrogen and oxygen atoms in total. The number of benzene rings is 9. The fourth-order valence-electron chi connectivity index (χ4n) is 8.78. The number of aryl methyl sites for hydroxylation is 2. The number of nitrogens with zero attached hydrogens (tertiary/aromatic N) is 4. The van der Waals surface area contributed by atoms with Crippen molar-refractivity contribution in [3.63, 3.8) is 0 Å². The SMILES string of the molecule is Cc1ccc2c(c1)nc(-c1ccccc1)n2-c1ccc2c(-c3ccccc3)c3cc(-n4c(-c5ccccc5)nc5cc(C)ccc54)ccc3c(-c3ccccc3)c2c1. The van der Waals surface area contributed by atoms with Crippen molar-refractivity contribution in [2.24, 2.45) is 0 Å². The van der Waals surface area contributed by atoms with Crippen LogP contribution in [-0.4, -0.2) is 19.1 Å². The molecule has 0 atom stereocenters. The number of imidazole rings is 2. The molecule has 11 rings (SSSR count). The van der Waals surface area contributed by atoms with Gasteiger partial charge in [-0.05, 0) is 117 Å². The Balaban J connectivity index is 1.25. The third-order valence-corrected chi connectivity index (χ3v) is 11.4. The van der Waals surface area contributed by atoms with Crippen LogP contribution < -0.4 is 0 Å². The van der Waals surface area contributed by atoms with Gasteiger partial charge in [0.25, 0.3) is 0 Å². The predicted octanol–water partition coefficient (Wildman–Crippen LogP) is 14.0. The minimum atomic E-state index is 0.924. The summed E-state index contributed by atoms with van der Waals surface area (Å²) in [6.45, 7) is 4.26. The van der Waals surface area contributed by atoms with Gasteiger partial charge in [-0.2, -0.15) is 0 Å². The lowest BCUT2D eigenvalue weighted by atomic mass is 9.85. The highest BCUT2D eigenvalue weighted by Crippen LogP contribution is 2.46. The number of hydrogen-bond donors (Lipinski definition) is 0. The molecule has 0 saturated carbocycles. The second kappa shape index (κ2) is 13.6. The Kier molecular flexibility index (Phi) is 7.90. The van der Waals surface area contributed by atoms with E-state index in [2.05, 4.69) is 217 Å². The highest BCUT2D eigenvalue weighted by atomic mass is 15.1. The van der Waals surface area contributed by atoms with Crippen molar-refractivity contribution in [2.75, 3.05) is 0 Å². The van der Waals surface area contributed by atoms with E-state index < -0.39 is 0 Å². The van der Waals surface area contributed by atoms with Gasteiger partial charge < -0.3 is 0 Å². The van der Waals surface area contributed by atoms with Crippen LogP contribution in [0.5, 0.6) is 0 Å². The maximum Gasteiger partial charge on any atom is 0.145 e. The fraction of sp³-hybridized carbons (Fsp3) is 0.0370. The van der Waals surface area contributed by atoms with Crippen molar-refractivity contribution >= 4 is 43.6 Å². The molecule has 58 heavy (non-hydrogen) atoms. The molecule has 9 aromatic carbocycles. The number of hydrogen-bond acceptors (Lipinski definition) is 2. The van der Waals surface area contributed by atoms with Gasteiger partial charge in [-0.3, -0.25) is 9.13 Å². The standard InChI is InChI=1S/C54H38N4/c1-35-23-29-49-47(31-35)55-53(39-19-11-5-12-20-39)57(49)41-25-27-43-45(33-41)51(37-15-7-3-8-16-37)44-28-26-42(34-46(44)52(43)38-17-9-4-10-18-38)58-50-30-24-36(2)32-48(50)56-54(58)40-21-13-6-14-22-40/h3-34H,1-2H3. The molecule has 274 valence electrons. The minimum absolute atomic E-state index is 0.924. The first kappa shape index (κ1) is 33.8. The van der Waals surface area contributed by atoms with Crippen molar-refractivity contribution in [1.29, 1.82) is 0 Å². The lowest BCUT2D eigenvalue weighted by Crippen LogP contribution is -2.00. The zero-order valence-corrected chi connectivity index (χ0v) is 32.3. The van der Waals surface area contributed by atoms with E-state index in [9.17, 15) is 0 Å². The third kappa shape index (κ3) is 5.53. The first-order chi connectivity index (χ1) is 28.6. The Labute approximate surface area is 337 Å². The van der Waals surface area contributed by atoms with Crippen molar-refractivity contribution in [1.82, 2.24) is 19.1 Å².